The second-order valence-corrected chi connectivity index (χ2v) is 4.96. The highest BCUT2D eigenvalue weighted by molar-refractivity contribution is 6.30. The van der Waals surface area contributed by atoms with E-state index in [-0.39, 0.29) is 17.8 Å². The Morgan fingerprint density at radius 2 is 2.35 bits per heavy atom. The van der Waals surface area contributed by atoms with Gasteiger partial charge < -0.3 is 20.6 Å². The van der Waals surface area contributed by atoms with Crippen LogP contribution in [0.25, 0.3) is 0 Å². The summed E-state index contributed by atoms with van der Waals surface area (Å²) in [6.45, 7) is 0.561. The Balaban J connectivity index is 2.31. The van der Waals surface area contributed by atoms with Gasteiger partial charge in [0.25, 0.3) is 5.91 Å². The highest BCUT2D eigenvalue weighted by atomic mass is 35.5. The first-order valence-corrected chi connectivity index (χ1v) is 6.58. The van der Waals surface area contributed by atoms with Crippen molar-refractivity contribution in [3.05, 3.63) is 28.8 Å². The number of halogens is 1. The predicted molar refractivity (Wildman–Crippen MR) is 75.5 cm³/mol. The molecule has 1 aliphatic heterocycles. The summed E-state index contributed by atoms with van der Waals surface area (Å²) in [4.78, 5) is 14.2. The predicted octanol–water partition coefficient (Wildman–Crippen LogP) is 1.70. The maximum Gasteiger partial charge on any atom is 0.258 e. The molecule has 108 valence electrons. The molecule has 1 unspecified atom stereocenters. The second kappa shape index (κ2) is 6.00. The van der Waals surface area contributed by atoms with E-state index in [1.807, 2.05) is 0 Å². The fourth-order valence-electron chi connectivity index (χ4n) is 2.38. The number of carbonyl (C=O) groups is 1. The molecule has 0 bridgehead atoms. The Bertz CT molecular complexity index is 548. The molecule has 1 atom stereocenters. The highest BCUT2D eigenvalue weighted by Gasteiger charge is 2.33. The maximum absolute atomic E-state index is 12.6. The van der Waals surface area contributed by atoms with Crippen molar-refractivity contribution in [2.45, 2.75) is 18.9 Å². The molecule has 0 spiro atoms. The number of nitrogens with zero attached hydrogens (tertiary/aromatic N) is 2. The maximum atomic E-state index is 12.6. The molecule has 1 aromatic carbocycles. The number of hydrogen-bond donors (Lipinski definition) is 2. The lowest BCUT2D eigenvalue weighted by Gasteiger charge is -2.24. The minimum atomic E-state index is -0.382. The molecule has 1 aromatic rings. The first kappa shape index (κ1) is 14.5. The third-order valence-corrected chi connectivity index (χ3v) is 3.60. The summed E-state index contributed by atoms with van der Waals surface area (Å²) in [5.41, 5.74) is 6.04. The van der Waals surface area contributed by atoms with Crippen LogP contribution >= 0.6 is 11.6 Å². The van der Waals surface area contributed by atoms with Gasteiger partial charge in [-0.1, -0.05) is 16.8 Å². The lowest BCUT2D eigenvalue weighted by atomic mass is 10.1. The number of likely N-dealkylation sites (tertiary alicyclic amines) is 1. The van der Waals surface area contributed by atoms with Gasteiger partial charge in [-0.2, -0.15) is 0 Å². The zero-order chi connectivity index (χ0) is 14.7. The molecular formula is C13H16ClN3O3. The summed E-state index contributed by atoms with van der Waals surface area (Å²) in [7, 11) is 1.48. The molecule has 3 N–H and O–H groups in total. The largest absolute Gasteiger partial charge is 0.496 e. The van der Waals surface area contributed by atoms with Crippen LogP contribution in [0.1, 0.15) is 23.2 Å². The fraction of sp³-hybridized carbons (Fsp3) is 0.385. The molecule has 6 nitrogen and oxygen atoms in total. The Morgan fingerprint density at radius 1 is 1.60 bits per heavy atom. The van der Waals surface area contributed by atoms with Gasteiger partial charge in [0.2, 0.25) is 0 Å². The summed E-state index contributed by atoms with van der Waals surface area (Å²) < 4.78 is 5.19. The van der Waals surface area contributed by atoms with Crippen molar-refractivity contribution in [2.24, 2.45) is 10.9 Å². The SMILES string of the molecule is COc1cc(Cl)ccc1C(=O)N1CCCC1C(N)=NO. The van der Waals surface area contributed by atoms with E-state index >= 15 is 0 Å². The molecule has 0 aromatic heterocycles. The van der Waals surface area contributed by atoms with Gasteiger partial charge in [0, 0.05) is 11.6 Å². The number of carbonyl (C=O) groups excluding carboxylic acids is 1. The quantitative estimate of drug-likeness (QED) is 0.385. The van der Waals surface area contributed by atoms with Crippen LogP contribution in [0, 0.1) is 0 Å². The smallest absolute Gasteiger partial charge is 0.258 e. The molecule has 0 radical (unpaired) electrons. The topological polar surface area (TPSA) is 88.2 Å². The second-order valence-electron chi connectivity index (χ2n) is 4.53. The summed E-state index contributed by atoms with van der Waals surface area (Å²) in [5, 5.41) is 12.3. The van der Waals surface area contributed by atoms with Crippen LogP contribution in [0.15, 0.2) is 23.4 Å². The van der Waals surface area contributed by atoms with E-state index in [9.17, 15) is 4.79 Å². The Kier molecular flexibility index (Phi) is 4.34. The summed E-state index contributed by atoms with van der Waals surface area (Å²) in [6.07, 6.45) is 1.49. The van der Waals surface area contributed by atoms with Crippen LogP contribution in [-0.4, -0.2) is 41.5 Å². The Morgan fingerprint density at radius 3 is 3.00 bits per heavy atom. The number of ether oxygens (including phenoxy) is 1. The van der Waals surface area contributed by atoms with E-state index in [1.54, 1.807) is 23.1 Å². The van der Waals surface area contributed by atoms with Crippen LogP contribution in [0.3, 0.4) is 0 Å². The summed E-state index contributed by atoms with van der Waals surface area (Å²) in [5.74, 6) is 0.240. The fourth-order valence-corrected chi connectivity index (χ4v) is 2.54. The minimum absolute atomic E-state index is 0.0452. The van der Waals surface area contributed by atoms with Crippen LogP contribution in [0.4, 0.5) is 0 Å². The van der Waals surface area contributed by atoms with E-state index in [0.29, 0.717) is 29.3 Å². The molecule has 1 fully saturated rings. The number of oxime groups is 1. The number of benzene rings is 1. The number of rotatable bonds is 3. The number of methoxy groups -OCH3 is 1. The van der Waals surface area contributed by atoms with Crippen LogP contribution in [-0.2, 0) is 0 Å². The molecule has 7 heteroatoms. The summed E-state index contributed by atoms with van der Waals surface area (Å²) >= 11 is 5.88. The first-order valence-electron chi connectivity index (χ1n) is 6.20. The van der Waals surface area contributed by atoms with Crippen molar-refractivity contribution in [1.29, 1.82) is 0 Å². The molecule has 0 aliphatic carbocycles. The van der Waals surface area contributed by atoms with Crippen LogP contribution in [0.5, 0.6) is 5.75 Å². The van der Waals surface area contributed by atoms with Crippen molar-refractivity contribution < 1.29 is 14.7 Å². The highest BCUT2D eigenvalue weighted by Crippen LogP contribution is 2.27. The number of amidine groups is 1. The van der Waals surface area contributed by atoms with Crippen molar-refractivity contribution in [1.82, 2.24) is 4.90 Å². The Labute approximate surface area is 121 Å². The van der Waals surface area contributed by atoms with Gasteiger partial charge in [0.05, 0.1) is 18.7 Å². The zero-order valence-corrected chi connectivity index (χ0v) is 11.8. The summed E-state index contributed by atoms with van der Waals surface area (Å²) in [6, 6.07) is 4.45. The Hall–Kier alpha value is -1.95. The molecule has 1 saturated heterocycles. The third-order valence-electron chi connectivity index (χ3n) is 3.36. The van der Waals surface area contributed by atoms with Crippen LogP contribution in [0.2, 0.25) is 5.02 Å². The van der Waals surface area contributed by atoms with Gasteiger partial charge in [-0.05, 0) is 31.0 Å². The molecular weight excluding hydrogens is 282 g/mol. The normalized spacial score (nSPS) is 19.2. The van der Waals surface area contributed by atoms with Gasteiger partial charge in [-0.25, -0.2) is 0 Å². The minimum Gasteiger partial charge on any atom is -0.496 e. The van der Waals surface area contributed by atoms with E-state index in [2.05, 4.69) is 5.16 Å². The monoisotopic (exact) mass is 297 g/mol. The number of nitrogens with two attached hydrogens (primary N) is 1. The van der Waals surface area contributed by atoms with E-state index < -0.39 is 0 Å². The van der Waals surface area contributed by atoms with Crippen molar-refractivity contribution in [2.75, 3.05) is 13.7 Å². The molecule has 1 heterocycles. The van der Waals surface area contributed by atoms with E-state index in [0.717, 1.165) is 6.42 Å². The van der Waals surface area contributed by atoms with E-state index in [1.165, 1.54) is 7.11 Å². The molecule has 0 saturated carbocycles. The van der Waals surface area contributed by atoms with Crippen molar-refractivity contribution in [3.8, 4) is 5.75 Å². The molecule has 1 amide bonds. The zero-order valence-electron chi connectivity index (χ0n) is 11.0. The van der Waals surface area contributed by atoms with Crippen molar-refractivity contribution >= 4 is 23.3 Å². The third kappa shape index (κ3) is 2.65. The molecule has 2 rings (SSSR count). The number of amides is 1. The van der Waals surface area contributed by atoms with Gasteiger partial charge in [0.15, 0.2) is 5.84 Å². The van der Waals surface area contributed by atoms with Gasteiger partial charge in [0.1, 0.15) is 5.75 Å². The average Bonchev–Trinajstić information content (AvgIpc) is 2.94. The number of hydrogen-bond acceptors (Lipinski definition) is 4. The van der Waals surface area contributed by atoms with Crippen LogP contribution < -0.4 is 10.5 Å². The van der Waals surface area contributed by atoms with E-state index in [4.69, 9.17) is 27.3 Å². The lowest BCUT2D eigenvalue weighted by Crippen LogP contribution is -2.44. The molecule has 20 heavy (non-hydrogen) atoms. The van der Waals surface area contributed by atoms with Crippen molar-refractivity contribution in [3.63, 3.8) is 0 Å². The average molecular weight is 298 g/mol. The van der Waals surface area contributed by atoms with Gasteiger partial charge in [-0.15, -0.1) is 0 Å². The molecule has 1 aliphatic rings. The standard InChI is InChI=1S/C13H16ClN3O3/c1-20-11-7-8(14)4-5-9(11)13(18)17-6-2-3-10(17)12(15)16-19/h4-5,7,10,19H,2-3,6H2,1H3,(H2,15,16). The van der Waals surface area contributed by atoms with Gasteiger partial charge in [-0.3, -0.25) is 4.79 Å². The lowest BCUT2D eigenvalue weighted by molar-refractivity contribution is 0.0764. The van der Waals surface area contributed by atoms with Gasteiger partial charge >= 0.3 is 0 Å². The first-order chi connectivity index (χ1) is 9.58.